The van der Waals surface area contributed by atoms with Gasteiger partial charge in [-0.05, 0) is 35.9 Å². The minimum absolute atomic E-state index is 0.00409. The van der Waals surface area contributed by atoms with Crippen molar-refractivity contribution < 1.29 is 23.5 Å². The lowest BCUT2D eigenvalue weighted by Crippen LogP contribution is -2.30. The van der Waals surface area contributed by atoms with Crippen molar-refractivity contribution in [1.29, 1.82) is 0 Å². The highest BCUT2D eigenvalue weighted by Gasteiger charge is 2.38. The molecule has 7 heteroatoms. The summed E-state index contributed by atoms with van der Waals surface area (Å²) in [5.41, 5.74) is 6.26. The normalized spacial score (nSPS) is 18.7. The zero-order chi connectivity index (χ0) is 20.8. The molecule has 0 bridgehead atoms. The highest BCUT2D eigenvalue weighted by atomic mass is 19.1. The number of esters is 1. The highest BCUT2D eigenvalue weighted by Crippen LogP contribution is 2.24. The quantitative estimate of drug-likeness (QED) is 0.600. The van der Waals surface area contributed by atoms with Crippen molar-refractivity contribution in [3.63, 3.8) is 0 Å². The van der Waals surface area contributed by atoms with Gasteiger partial charge in [0.25, 0.3) is 0 Å². The van der Waals surface area contributed by atoms with E-state index in [9.17, 15) is 18.8 Å². The summed E-state index contributed by atoms with van der Waals surface area (Å²) < 4.78 is 18.8. The number of rotatable bonds is 6. The van der Waals surface area contributed by atoms with Crippen molar-refractivity contribution >= 4 is 23.9 Å². The molecule has 3 rings (SSSR count). The fourth-order valence-electron chi connectivity index (χ4n) is 3.27. The van der Waals surface area contributed by atoms with Crippen LogP contribution < -0.4 is 5.73 Å². The molecule has 0 unspecified atom stereocenters. The van der Waals surface area contributed by atoms with E-state index >= 15 is 0 Å². The van der Waals surface area contributed by atoms with Crippen LogP contribution in [-0.4, -0.2) is 41.9 Å². The van der Waals surface area contributed by atoms with Crippen molar-refractivity contribution in [1.82, 2.24) is 4.90 Å². The van der Waals surface area contributed by atoms with E-state index in [0.29, 0.717) is 11.1 Å². The minimum atomic E-state index is -0.637. The molecule has 2 amide bonds. The fourth-order valence-corrected chi connectivity index (χ4v) is 3.27. The molecule has 0 saturated carbocycles. The van der Waals surface area contributed by atoms with Gasteiger partial charge in [0, 0.05) is 25.0 Å². The van der Waals surface area contributed by atoms with Gasteiger partial charge in [0.15, 0.2) is 0 Å². The third-order valence-electron chi connectivity index (χ3n) is 4.69. The maximum Gasteiger partial charge on any atom is 0.338 e. The van der Waals surface area contributed by atoms with Gasteiger partial charge >= 0.3 is 5.97 Å². The van der Waals surface area contributed by atoms with Gasteiger partial charge in [-0.25, -0.2) is 9.18 Å². The summed E-state index contributed by atoms with van der Waals surface area (Å²) in [7, 11) is 0. The number of benzene rings is 2. The van der Waals surface area contributed by atoms with E-state index in [1.165, 1.54) is 29.2 Å². The van der Waals surface area contributed by atoms with Crippen LogP contribution in [-0.2, 0) is 14.3 Å². The molecule has 1 aliphatic rings. The Morgan fingerprint density at radius 1 is 1.10 bits per heavy atom. The fraction of sp³-hybridized carbons (Fsp3) is 0.227. The largest absolute Gasteiger partial charge is 0.457 e. The molecule has 2 N–H and O–H groups in total. The third-order valence-corrected chi connectivity index (χ3v) is 4.69. The predicted octanol–water partition coefficient (Wildman–Crippen LogP) is 2.40. The van der Waals surface area contributed by atoms with Crippen LogP contribution in [0, 0.1) is 11.7 Å². The number of nitrogens with two attached hydrogens (primary N) is 1. The van der Waals surface area contributed by atoms with Gasteiger partial charge in [-0.2, -0.15) is 0 Å². The van der Waals surface area contributed by atoms with Gasteiger partial charge in [0.2, 0.25) is 11.8 Å². The highest BCUT2D eigenvalue weighted by molar-refractivity contribution is 5.92. The van der Waals surface area contributed by atoms with Gasteiger partial charge in [-0.3, -0.25) is 9.59 Å². The Labute approximate surface area is 167 Å². The van der Waals surface area contributed by atoms with Crippen LogP contribution >= 0.6 is 0 Å². The minimum Gasteiger partial charge on any atom is -0.457 e. The number of carbonyl (C=O) groups is 3. The lowest BCUT2D eigenvalue weighted by molar-refractivity contribution is -0.125. The predicted molar refractivity (Wildman–Crippen MR) is 105 cm³/mol. The maximum absolute atomic E-state index is 13.3. The average molecular weight is 396 g/mol. The maximum atomic E-state index is 13.3. The number of carbonyl (C=O) groups excluding carboxylic acids is 3. The first-order valence-corrected chi connectivity index (χ1v) is 9.19. The summed E-state index contributed by atoms with van der Waals surface area (Å²) in [5, 5.41) is 0. The Bertz CT molecular complexity index is 929. The van der Waals surface area contributed by atoms with Crippen LogP contribution in [0.1, 0.15) is 22.3 Å². The van der Waals surface area contributed by atoms with E-state index in [1.807, 2.05) is 0 Å². The van der Waals surface area contributed by atoms with Crippen LogP contribution in [0.2, 0.25) is 0 Å². The monoisotopic (exact) mass is 396 g/mol. The number of ether oxygens (including phenoxy) is 1. The number of halogens is 1. The molecule has 2 atom stereocenters. The summed E-state index contributed by atoms with van der Waals surface area (Å²) in [5.74, 6) is -2.14. The molecule has 1 saturated heterocycles. The van der Waals surface area contributed by atoms with Gasteiger partial charge in [0.1, 0.15) is 11.9 Å². The van der Waals surface area contributed by atoms with Gasteiger partial charge in [0.05, 0.1) is 12.1 Å². The van der Waals surface area contributed by atoms with Crippen LogP contribution in [0.4, 0.5) is 4.39 Å². The molecule has 0 aromatic heterocycles. The van der Waals surface area contributed by atoms with Crippen molar-refractivity contribution in [2.45, 2.75) is 12.5 Å². The van der Waals surface area contributed by atoms with Gasteiger partial charge in [-0.15, -0.1) is 0 Å². The van der Waals surface area contributed by atoms with E-state index in [1.54, 1.807) is 42.5 Å². The van der Waals surface area contributed by atoms with Crippen molar-refractivity contribution in [3.05, 3.63) is 77.6 Å². The van der Waals surface area contributed by atoms with Crippen LogP contribution in [0.15, 0.2) is 60.7 Å². The van der Waals surface area contributed by atoms with E-state index in [2.05, 4.69) is 0 Å². The number of amides is 2. The number of likely N-dealkylation sites (tertiary alicyclic amines) is 1. The topological polar surface area (TPSA) is 89.7 Å². The Kier molecular flexibility index (Phi) is 6.39. The number of hydrogen-bond donors (Lipinski definition) is 1. The molecule has 1 aliphatic heterocycles. The lowest BCUT2D eigenvalue weighted by Gasteiger charge is -2.17. The van der Waals surface area contributed by atoms with Crippen molar-refractivity contribution in [2.75, 3.05) is 13.1 Å². The number of hydrogen-bond acceptors (Lipinski definition) is 4. The molecule has 1 heterocycles. The van der Waals surface area contributed by atoms with Crippen LogP contribution in [0.3, 0.4) is 0 Å². The third kappa shape index (κ3) is 5.51. The second kappa shape index (κ2) is 9.14. The molecule has 1 fully saturated rings. The first-order chi connectivity index (χ1) is 13.9. The first kappa shape index (κ1) is 20.3. The van der Waals surface area contributed by atoms with E-state index in [-0.39, 0.29) is 31.3 Å². The molecule has 0 radical (unpaired) electrons. The first-order valence-electron chi connectivity index (χ1n) is 9.19. The molecular weight excluding hydrogens is 375 g/mol. The lowest BCUT2D eigenvalue weighted by atomic mass is 10.0. The second-order valence-electron chi connectivity index (χ2n) is 6.87. The Morgan fingerprint density at radius 2 is 1.86 bits per heavy atom. The average Bonchev–Trinajstić information content (AvgIpc) is 3.08. The Balaban J connectivity index is 1.68. The molecule has 150 valence electrons. The second-order valence-corrected chi connectivity index (χ2v) is 6.87. The standard InChI is InChI=1S/C22H21FN2O4/c23-18-8-4-5-15(11-18)9-10-21(27)25-13-17(12-20(24)26)19(14-25)29-22(28)16-6-2-1-3-7-16/h1-11,17,19H,12-14H2,(H2,24,26)/t17-,19+/m0/s1. The van der Waals surface area contributed by atoms with Gasteiger partial charge in [-0.1, -0.05) is 30.3 Å². The molecule has 6 nitrogen and oxygen atoms in total. The summed E-state index contributed by atoms with van der Waals surface area (Å²) in [4.78, 5) is 37.8. The smallest absolute Gasteiger partial charge is 0.338 e. The summed E-state index contributed by atoms with van der Waals surface area (Å²) in [6, 6.07) is 14.4. The van der Waals surface area contributed by atoms with Crippen LogP contribution in [0.5, 0.6) is 0 Å². The summed E-state index contributed by atoms with van der Waals surface area (Å²) >= 11 is 0. The number of primary amides is 1. The SMILES string of the molecule is NC(=O)C[C@H]1CN(C(=O)C=Cc2cccc(F)c2)C[C@H]1OC(=O)c1ccccc1. The van der Waals surface area contributed by atoms with Crippen molar-refractivity contribution in [3.8, 4) is 0 Å². The van der Waals surface area contributed by atoms with E-state index in [4.69, 9.17) is 10.5 Å². The molecule has 2 aromatic carbocycles. The summed E-state index contributed by atoms with van der Waals surface area (Å²) in [6.07, 6.45) is 2.21. The zero-order valence-corrected chi connectivity index (χ0v) is 15.7. The van der Waals surface area contributed by atoms with E-state index in [0.717, 1.165) is 0 Å². The van der Waals surface area contributed by atoms with E-state index < -0.39 is 23.8 Å². The van der Waals surface area contributed by atoms with Crippen LogP contribution in [0.25, 0.3) is 6.08 Å². The molecule has 2 aromatic rings. The Morgan fingerprint density at radius 3 is 2.55 bits per heavy atom. The number of nitrogens with zero attached hydrogens (tertiary/aromatic N) is 1. The van der Waals surface area contributed by atoms with Crippen molar-refractivity contribution in [2.24, 2.45) is 11.7 Å². The molecular formula is C22H21FN2O4. The summed E-state index contributed by atoms with van der Waals surface area (Å²) in [6.45, 7) is 0.394. The Hall–Kier alpha value is -3.48. The van der Waals surface area contributed by atoms with Gasteiger partial charge < -0.3 is 15.4 Å². The molecule has 0 spiro atoms. The molecule has 29 heavy (non-hydrogen) atoms. The zero-order valence-electron chi connectivity index (χ0n) is 15.7. The molecule has 0 aliphatic carbocycles.